The van der Waals surface area contributed by atoms with Gasteiger partial charge in [-0.25, -0.2) is 0 Å². The quantitative estimate of drug-likeness (QED) is 0.125. The van der Waals surface area contributed by atoms with Gasteiger partial charge in [0.2, 0.25) is 0 Å². The maximum absolute atomic E-state index is 3.89. The molecule has 0 unspecified atom stereocenters. The zero-order valence-electron chi connectivity index (χ0n) is 70.1. The van der Waals surface area contributed by atoms with Gasteiger partial charge in [-0.3, -0.25) is 0 Å². The van der Waals surface area contributed by atoms with Gasteiger partial charge in [0, 0.05) is 0 Å². The molecule has 0 heterocycles. The van der Waals surface area contributed by atoms with Crippen molar-refractivity contribution in [3.63, 3.8) is 0 Å². The molecule has 20 heteroatoms. The molecule has 4 rings (SSSR count). The van der Waals surface area contributed by atoms with Gasteiger partial charge in [-0.1, -0.05) is 0 Å². The first-order valence-electron chi connectivity index (χ1n) is 35.2. The van der Waals surface area contributed by atoms with Gasteiger partial charge in [-0.15, -0.1) is 0 Å². The van der Waals surface area contributed by atoms with Crippen LogP contribution in [0.5, 0.6) is 0 Å². The molecule has 524 valence electrons. The second-order valence-electron chi connectivity index (χ2n) is 44.5. The van der Waals surface area contributed by atoms with Crippen LogP contribution in [0.25, 0.3) is 0 Å². The molecule has 1 aliphatic carbocycles. The summed E-state index contributed by atoms with van der Waals surface area (Å²) in [5.41, 5.74) is 6.75. The number of halogens is 3. The molecule has 0 saturated heterocycles. The van der Waals surface area contributed by atoms with Crippen LogP contribution < -0.4 is 131 Å². The van der Waals surface area contributed by atoms with Crippen LogP contribution in [0.15, 0.2) is 22.3 Å². The third-order valence-electron chi connectivity index (χ3n) is 20.2. The molecule has 0 radical (unpaired) electrons. The Morgan fingerprint density at radius 3 is 0.315 bits per heavy atom. The molecule has 0 nitrogen and oxygen atoms in total. The van der Waals surface area contributed by atoms with Crippen molar-refractivity contribution in [1.29, 1.82) is 0 Å². The largest absolute Gasteiger partial charge is 1.00 e. The predicted octanol–water partition coefficient (Wildman–Crippen LogP) is 4.28. The minimum Gasteiger partial charge on any atom is -1.00 e. The Morgan fingerprint density at radius 1 is 0.163 bits per heavy atom. The van der Waals surface area contributed by atoms with Crippen molar-refractivity contribution >= 4 is 223 Å². The molecule has 0 spiro atoms. The minimum atomic E-state index is -3.89. The zero-order chi connectivity index (χ0) is 71.2. The van der Waals surface area contributed by atoms with Gasteiger partial charge >= 0.3 is 591 Å². The van der Waals surface area contributed by atoms with Crippen LogP contribution >= 0.6 is 0 Å². The average Bonchev–Trinajstić information content (AvgIpc) is 0.951. The summed E-state index contributed by atoms with van der Waals surface area (Å²) in [4.78, 5) is 0. The molecule has 0 fully saturated rings. The second kappa shape index (κ2) is 27.3. The zero-order valence-corrected chi connectivity index (χ0v) is 90.0. The number of hydrogen-bond acceptors (Lipinski definition) is 0. The molecular formula is C72H147Cl3Si16Ti. The van der Waals surface area contributed by atoms with Crippen LogP contribution in [-0.2, 0) is 20.4 Å². The van der Waals surface area contributed by atoms with Crippen molar-refractivity contribution in [2.24, 2.45) is 0 Å². The van der Waals surface area contributed by atoms with E-state index >= 15 is 0 Å². The minimum absolute atomic E-state index is 0. The maximum atomic E-state index is 3.11. The van der Waals surface area contributed by atoms with Crippen LogP contribution in [0.2, 0.25) is 298 Å². The number of benzene rings is 3. The smallest absolute Gasteiger partial charge is 1.00 e. The number of rotatable bonds is 19. The van der Waals surface area contributed by atoms with E-state index in [-0.39, 0.29) is 40.6 Å². The number of hydrogen-bond donors (Lipinski definition) is 0. The van der Waals surface area contributed by atoms with E-state index in [1.54, 1.807) is 22.3 Å². The molecule has 3 aromatic carbocycles. The van der Waals surface area contributed by atoms with Gasteiger partial charge < -0.3 is 37.2 Å². The summed E-state index contributed by atoms with van der Waals surface area (Å²) in [5, 5.41) is 36.5. The van der Waals surface area contributed by atoms with E-state index in [2.05, 4.69) is 358 Å². The van der Waals surface area contributed by atoms with Crippen molar-refractivity contribution < 1.29 is 57.7 Å². The molecule has 0 bridgehead atoms. The SMILES string of the molecule is CC1=C(C)[C]([Ti+3])([Si](c2c([Si](C)(C)C)c([Si](C)(C)C)c([Si](C)(C)C)c([Si](C)(C)C)c2[Si](C)(C)C)(c2c([Si](C)(C)C)c([Si](C)(C)C)c([Si](C)(C)C)c([Si](C)(C)C)c2[Si](C)(C)C)c2c([Si](C)(C)C)c([Si](C)(C)C)c([Si](C)(C)C)c([Si](C)(C)C)c2[Si](C)(C)C)C(C)=C1C.[Cl-].[Cl-].[Cl-]. The van der Waals surface area contributed by atoms with Crippen molar-refractivity contribution in [3.8, 4) is 0 Å². The standard InChI is InChI=1S/C72H147Si16.3ClH.Ti/c1-50-51(2)53(4)54(52(50)3)88(70-64(82(32,33)34)58(76(14,15)16)55(73(5,6)7)59(77(17,18)19)65(70)83(35,36)37,71-66(84(38,39)40)60(78(20,21)22)56(74(8,9)10)61(79(23,24)25)67(71)85(41,42)43)72-68(86(44,45)46)62(80(26,27)28)57(75(11,12)13)63(81(29,30)31)69(72)87(47,48)49;;;;/h1-49H3;3*1H;/q;;;;+3/p-3. The maximum Gasteiger partial charge on any atom is -1.00 e. The normalized spacial score (nSPS) is 16.1. The van der Waals surface area contributed by atoms with Crippen molar-refractivity contribution in [1.82, 2.24) is 0 Å². The van der Waals surface area contributed by atoms with Gasteiger partial charge in [0.1, 0.15) is 0 Å². The number of allylic oxidation sites excluding steroid dienone is 4. The summed E-state index contributed by atoms with van der Waals surface area (Å²) in [6.45, 7) is 141. The molecule has 0 atom stereocenters. The molecule has 1 aliphatic rings. The Labute approximate surface area is 621 Å². The average molecular weight is 1620 g/mol. The molecule has 3 aromatic rings. The third kappa shape index (κ3) is 16.6. The summed E-state index contributed by atoms with van der Waals surface area (Å²) >= 11 is 3.11. The van der Waals surface area contributed by atoms with Crippen molar-refractivity contribution in [2.75, 3.05) is 0 Å². The topological polar surface area (TPSA) is 0 Å². The van der Waals surface area contributed by atoms with Gasteiger partial charge in [-0.2, -0.15) is 0 Å². The van der Waals surface area contributed by atoms with Crippen molar-refractivity contribution in [3.05, 3.63) is 22.3 Å². The van der Waals surface area contributed by atoms with Crippen molar-refractivity contribution in [2.45, 2.75) is 326 Å². The fourth-order valence-electron chi connectivity index (χ4n) is 17.5. The Bertz CT molecular complexity index is 2880. The fraction of sp³-hybridized carbons (Fsp3) is 0.694. The summed E-state index contributed by atoms with van der Waals surface area (Å²) in [6.07, 6.45) is 0. The van der Waals surface area contributed by atoms with E-state index in [0.29, 0.717) is 0 Å². The van der Waals surface area contributed by atoms with Crippen LogP contribution in [0.4, 0.5) is 0 Å². The Morgan fingerprint density at radius 2 is 0.239 bits per heavy atom. The summed E-state index contributed by atoms with van der Waals surface area (Å²) in [6, 6.07) is 0. The van der Waals surface area contributed by atoms with E-state index in [1.807, 2.05) is 77.8 Å². The molecule has 0 saturated carbocycles. The van der Waals surface area contributed by atoms with Gasteiger partial charge in [0.25, 0.3) is 0 Å². The Hall–Kier alpha value is 2.19. The Balaban J connectivity index is 0.0000141. The van der Waals surface area contributed by atoms with E-state index in [1.165, 1.54) is 0 Å². The van der Waals surface area contributed by atoms with Crippen LogP contribution in [0.3, 0.4) is 0 Å². The first-order valence-corrected chi connectivity index (χ1v) is 90.5. The van der Waals surface area contributed by atoms with Crippen LogP contribution in [0, 0.1) is 0 Å². The molecule has 0 amide bonds. The van der Waals surface area contributed by atoms with E-state index < -0.39 is 129 Å². The molecule has 0 aliphatic heterocycles. The summed E-state index contributed by atoms with van der Waals surface area (Å²) in [7, 11) is -38.0. The Kier molecular flexibility index (Phi) is 27.4. The van der Waals surface area contributed by atoms with E-state index in [9.17, 15) is 0 Å². The fourth-order valence-corrected chi connectivity index (χ4v) is 91.9. The third-order valence-corrected chi connectivity index (χ3v) is 63.3. The molecule has 0 N–H and O–H groups in total. The molecule has 92 heavy (non-hydrogen) atoms. The molecule has 0 aromatic heterocycles. The van der Waals surface area contributed by atoms with Crippen LogP contribution in [-0.4, -0.2) is 129 Å². The van der Waals surface area contributed by atoms with Crippen LogP contribution in [0.1, 0.15) is 27.7 Å². The van der Waals surface area contributed by atoms with E-state index in [0.717, 1.165) is 0 Å². The first kappa shape index (κ1) is 92.2. The van der Waals surface area contributed by atoms with Gasteiger partial charge in [0.05, 0.1) is 0 Å². The van der Waals surface area contributed by atoms with Gasteiger partial charge in [-0.05, 0) is 0 Å². The summed E-state index contributed by atoms with van der Waals surface area (Å²) in [5.74, 6) is 0. The summed E-state index contributed by atoms with van der Waals surface area (Å²) < 4.78 is -0.286. The predicted molar refractivity (Wildman–Crippen MR) is 468 cm³/mol. The van der Waals surface area contributed by atoms with E-state index in [4.69, 9.17) is 0 Å². The first-order chi connectivity index (χ1) is 38.3. The van der Waals surface area contributed by atoms with Gasteiger partial charge in [0.15, 0.2) is 0 Å². The second-order valence-corrected chi connectivity index (χ2v) is 125. The monoisotopic (exact) mass is 1610 g/mol. The molecular weight excluding hydrogens is 1470 g/mol.